The highest BCUT2D eigenvalue weighted by Gasteiger charge is 2.05. The maximum Gasteiger partial charge on any atom is 0.251 e. The third kappa shape index (κ3) is 4.65. The monoisotopic (exact) mass is 235 g/mol. The average Bonchev–Trinajstić information content (AvgIpc) is 2.30. The van der Waals surface area contributed by atoms with Crippen molar-refractivity contribution in [2.24, 2.45) is 11.5 Å². The molecule has 0 spiro atoms. The number of nitrogens with one attached hydrogen (secondary N) is 1. The highest BCUT2D eigenvalue weighted by atomic mass is 16.2. The number of benzene rings is 1. The summed E-state index contributed by atoms with van der Waals surface area (Å²) in [7, 11) is 0. The maximum atomic E-state index is 11.6. The zero-order chi connectivity index (χ0) is 12.7. The van der Waals surface area contributed by atoms with Crippen LogP contribution in [-0.4, -0.2) is 24.9 Å². The number of rotatable bonds is 6. The molecule has 1 aromatic rings. The molecule has 0 aliphatic rings. The van der Waals surface area contributed by atoms with Gasteiger partial charge in [0.2, 0.25) is 5.91 Å². The molecule has 17 heavy (non-hydrogen) atoms. The van der Waals surface area contributed by atoms with Crippen LogP contribution in [0.2, 0.25) is 0 Å². The largest absolute Gasteiger partial charge is 0.370 e. The molecule has 1 rings (SSSR count). The molecule has 5 heteroatoms. The Morgan fingerprint density at radius 2 is 1.82 bits per heavy atom. The molecular weight excluding hydrogens is 218 g/mol. The minimum atomic E-state index is -0.427. The van der Waals surface area contributed by atoms with Crippen molar-refractivity contribution in [3.05, 3.63) is 35.4 Å². The zero-order valence-electron chi connectivity index (χ0n) is 9.61. The molecule has 0 aromatic heterocycles. The molecule has 0 radical (unpaired) electrons. The van der Waals surface area contributed by atoms with E-state index >= 15 is 0 Å². The summed E-state index contributed by atoms with van der Waals surface area (Å²) in [6, 6.07) is 7.22. The van der Waals surface area contributed by atoms with Gasteiger partial charge in [0.25, 0.3) is 5.91 Å². The van der Waals surface area contributed by atoms with Crippen LogP contribution in [-0.2, 0) is 11.2 Å². The second-order valence-electron chi connectivity index (χ2n) is 3.71. The number of carbonyl (C=O) groups excluding carboxylic acids is 2. The molecule has 5 nitrogen and oxygen atoms in total. The molecule has 2 amide bonds. The molecule has 0 unspecified atom stereocenters. The summed E-state index contributed by atoms with van der Waals surface area (Å²) >= 11 is 0. The smallest absolute Gasteiger partial charge is 0.251 e. The summed E-state index contributed by atoms with van der Waals surface area (Å²) in [6.07, 6.45) is 0.945. The molecule has 0 atom stereocenters. The first-order valence-electron chi connectivity index (χ1n) is 5.49. The van der Waals surface area contributed by atoms with E-state index in [4.69, 9.17) is 11.5 Å². The molecule has 0 fully saturated rings. The lowest BCUT2D eigenvalue weighted by Gasteiger charge is -2.04. The third-order valence-corrected chi connectivity index (χ3v) is 2.31. The fraction of sp³-hybridized carbons (Fsp3) is 0.333. The molecule has 92 valence electrons. The van der Waals surface area contributed by atoms with Gasteiger partial charge in [-0.05, 0) is 30.7 Å². The van der Waals surface area contributed by atoms with Gasteiger partial charge < -0.3 is 16.8 Å². The molecule has 0 saturated carbocycles. The van der Waals surface area contributed by atoms with Crippen molar-refractivity contribution >= 4 is 11.8 Å². The number of nitrogens with two attached hydrogens (primary N) is 2. The Morgan fingerprint density at radius 1 is 1.18 bits per heavy atom. The van der Waals surface area contributed by atoms with Crippen LogP contribution in [0.4, 0.5) is 0 Å². The van der Waals surface area contributed by atoms with Crippen molar-refractivity contribution in [1.82, 2.24) is 5.32 Å². The van der Waals surface area contributed by atoms with Crippen LogP contribution >= 0.6 is 0 Å². The summed E-state index contributed by atoms with van der Waals surface area (Å²) in [6.45, 7) is 0.850. The van der Waals surface area contributed by atoms with Gasteiger partial charge in [0.1, 0.15) is 0 Å². The molecule has 0 heterocycles. The van der Waals surface area contributed by atoms with Crippen molar-refractivity contribution in [2.75, 3.05) is 13.1 Å². The first-order valence-corrected chi connectivity index (χ1v) is 5.49. The first-order chi connectivity index (χ1) is 8.13. The van der Waals surface area contributed by atoms with Crippen LogP contribution in [0.3, 0.4) is 0 Å². The van der Waals surface area contributed by atoms with Gasteiger partial charge in [-0.25, -0.2) is 0 Å². The van der Waals surface area contributed by atoms with Gasteiger partial charge in [-0.1, -0.05) is 12.1 Å². The Balaban J connectivity index is 2.48. The van der Waals surface area contributed by atoms with Crippen LogP contribution in [0.5, 0.6) is 0 Å². The van der Waals surface area contributed by atoms with E-state index in [-0.39, 0.29) is 18.9 Å². The molecule has 5 N–H and O–H groups in total. The van der Waals surface area contributed by atoms with E-state index in [0.29, 0.717) is 12.1 Å². The summed E-state index contributed by atoms with van der Waals surface area (Å²) in [5.41, 5.74) is 12.1. The Labute approximate surface area is 100 Å². The zero-order valence-corrected chi connectivity index (χ0v) is 9.61. The minimum absolute atomic E-state index is 0.150. The standard InChI is InChI=1S/C12H17N3O2/c13-7-5-9-1-3-10(4-2-9)12(17)15-8-6-11(14)16/h1-4H,5-8,13H2,(H2,14,16)(H,15,17). The van der Waals surface area contributed by atoms with Crippen LogP contribution < -0.4 is 16.8 Å². The molecule has 0 saturated heterocycles. The first kappa shape index (κ1) is 13.2. The van der Waals surface area contributed by atoms with Gasteiger partial charge in [-0.3, -0.25) is 9.59 Å². The van der Waals surface area contributed by atoms with E-state index in [9.17, 15) is 9.59 Å². The normalized spacial score (nSPS) is 9.94. The van der Waals surface area contributed by atoms with Gasteiger partial charge in [0.05, 0.1) is 0 Å². The second-order valence-corrected chi connectivity index (χ2v) is 3.71. The molecule has 0 aliphatic carbocycles. The lowest BCUT2D eigenvalue weighted by Crippen LogP contribution is -2.27. The van der Waals surface area contributed by atoms with Gasteiger partial charge in [0.15, 0.2) is 0 Å². The Bertz CT molecular complexity index is 387. The van der Waals surface area contributed by atoms with Crippen LogP contribution in [0, 0.1) is 0 Å². The summed E-state index contributed by atoms with van der Waals surface area (Å²) in [4.78, 5) is 22.1. The molecule has 0 bridgehead atoms. The second kappa shape index (κ2) is 6.65. The molecule has 0 aliphatic heterocycles. The van der Waals surface area contributed by atoms with Gasteiger partial charge in [0, 0.05) is 18.5 Å². The molecular formula is C12H17N3O2. The highest BCUT2D eigenvalue weighted by molar-refractivity contribution is 5.94. The van der Waals surface area contributed by atoms with Crippen molar-refractivity contribution in [2.45, 2.75) is 12.8 Å². The SMILES string of the molecule is NCCc1ccc(C(=O)NCCC(N)=O)cc1. The minimum Gasteiger partial charge on any atom is -0.370 e. The lowest BCUT2D eigenvalue weighted by atomic mass is 10.1. The van der Waals surface area contributed by atoms with Crippen molar-refractivity contribution in [3.8, 4) is 0 Å². The Morgan fingerprint density at radius 3 is 2.35 bits per heavy atom. The highest BCUT2D eigenvalue weighted by Crippen LogP contribution is 2.04. The number of primary amides is 1. The van der Waals surface area contributed by atoms with Crippen LogP contribution in [0.15, 0.2) is 24.3 Å². The average molecular weight is 235 g/mol. The van der Waals surface area contributed by atoms with Gasteiger partial charge in [-0.2, -0.15) is 0 Å². The van der Waals surface area contributed by atoms with Crippen molar-refractivity contribution in [3.63, 3.8) is 0 Å². The fourth-order valence-electron chi connectivity index (χ4n) is 1.39. The lowest BCUT2D eigenvalue weighted by molar-refractivity contribution is -0.117. The predicted octanol–water partition coefficient (Wildman–Crippen LogP) is -0.207. The topological polar surface area (TPSA) is 98.2 Å². The van der Waals surface area contributed by atoms with Gasteiger partial charge >= 0.3 is 0 Å². The summed E-state index contributed by atoms with van der Waals surface area (Å²) in [5, 5.41) is 2.62. The van der Waals surface area contributed by atoms with E-state index < -0.39 is 5.91 Å². The van der Waals surface area contributed by atoms with E-state index in [1.54, 1.807) is 12.1 Å². The van der Waals surface area contributed by atoms with Gasteiger partial charge in [-0.15, -0.1) is 0 Å². The van der Waals surface area contributed by atoms with Crippen molar-refractivity contribution < 1.29 is 9.59 Å². The van der Waals surface area contributed by atoms with E-state index in [2.05, 4.69) is 5.32 Å². The van der Waals surface area contributed by atoms with Crippen molar-refractivity contribution in [1.29, 1.82) is 0 Å². The number of hydrogen-bond acceptors (Lipinski definition) is 3. The van der Waals surface area contributed by atoms with Crippen LogP contribution in [0.1, 0.15) is 22.3 Å². The van der Waals surface area contributed by atoms with Crippen LogP contribution in [0.25, 0.3) is 0 Å². The predicted molar refractivity (Wildman–Crippen MR) is 65.3 cm³/mol. The van der Waals surface area contributed by atoms with E-state index in [0.717, 1.165) is 12.0 Å². The fourth-order valence-corrected chi connectivity index (χ4v) is 1.39. The Kier molecular flexibility index (Phi) is 5.16. The van der Waals surface area contributed by atoms with E-state index in [1.807, 2.05) is 12.1 Å². The number of hydrogen-bond donors (Lipinski definition) is 3. The summed E-state index contributed by atoms with van der Waals surface area (Å²) in [5.74, 6) is -0.630. The summed E-state index contributed by atoms with van der Waals surface area (Å²) < 4.78 is 0. The quantitative estimate of drug-likeness (QED) is 0.636. The Hall–Kier alpha value is -1.88. The number of carbonyl (C=O) groups is 2. The maximum absolute atomic E-state index is 11.6. The third-order valence-electron chi connectivity index (χ3n) is 2.31. The molecule has 1 aromatic carbocycles. The number of amides is 2. The van der Waals surface area contributed by atoms with E-state index in [1.165, 1.54) is 0 Å².